The average molecular weight is 321 g/mol. The van der Waals surface area contributed by atoms with Crippen LogP contribution in [-0.2, 0) is 11.3 Å². The van der Waals surface area contributed by atoms with Crippen LogP contribution in [0.3, 0.4) is 0 Å². The molecule has 2 aromatic heterocycles. The topological polar surface area (TPSA) is 94.7 Å². The van der Waals surface area contributed by atoms with Crippen molar-refractivity contribution in [2.24, 2.45) is 0 Å². The average Bonchev–Trinajstić information content (AvgIpc) is 2.82. The minimum absolute atomic E-state index is 0.0326. The number of nitrogens with zero attached hydrogens (tertiary/aromatic N) is 3. The zero-order valence-electron chi connectivity index (χ0n) is 13.0. The van der Waals surface area contributed by atoms with Gasteiger partial charge in [0.15, 0.2) is 5.16 Å². The fourth-order valence-corrected chi connectivity index (χ4v) is 2.98. The standard InChI is InChI=1S/C14H19N5O2S/c1-8-5-12(20)17-14(16-8)22-10(3)13(21)19(4)7-11-6-15-18-9(11)2/h5-6,10H,7H2,1-4H3,(H,15,18)(H,16,17,20). The number of nitrogens with one attached hydrogen (secondary N) is 2. The molecule has 2 aromatic rings. The minimum atomic E-state index is -0.345. The Morgan fingerprint density at radius 2 is 2.18 bits per heavy atom. The van der Waals surface area contributed by atoms with Crippen LogP contribution in [0.1, 0.15) is 23.9 Å². The van der Waals surface area contributed by atoms with E-state index in [4.69, 9.17) is 0 Å². The van der Waals surface area contributed by atoms with Crippen LogP contribution in [0.15, 0.2) is 22.2 Å². The first kappa shape index (κ1) is 16.3. The smallest absolute Gasteiger partial charge is 0.251 e. The third kappa shape index (κ3) is 3.97. The number of hydrogen-bond donors (Lipinski definition) is 2. The molecule has 0 aromatic carbocycles. The molecule has 1 unspecified atom stereocenters. The van der Waals surface area contributed by atoms with Gasteiger partial charge in [0.05, 0.1) is 11.4 Å². The van der Waals surface area contributed by atoms with Crippen LogP contribution < -0.4 is 5.56 Å². The number of rotatable bonds is 5. The van der Waals surface area contributed by atoms with E-state index in [9.17, 15) is 9.59 Å². The second-order valence-electron chi connectivity index (χ2n) is 5.17. The van der Waals surface area contributed by atoms with E-state index in [1.165, 1.54) is 17.8 Å². The molecule has 2 heterocycles. The van der Waals surface area contributed by atoms with Gasteiger partial charge in [-0.2, -0.15) is 5.10 Å². The predicted molar refractivity (Wildman–Crippen MR) is 84.7 cm³/mol. The Hall–Kier alpha value is -2.09. The number of aromatic nitrogens is 4. The van der Waals surface area contributed by atoms with E-state index < -0.39 is 0 Å². The van der Waals surface area contributed by atoms with E-state index >= 15 is 0 Å². The van der Waals surface area contributed by atoms with Crippen molar-refractivity contribution >= 4 is 17.7 Å². The maximum Gasteiger partial charge on any atom is 0.251 e. The number of H-pyrrole nitrogens is 2. The lowest BCUT2D eigenvalue weighted by Gasteiger charge is -2.20. The minimum Gasteiger partial charge on any atom is -0.340 e. The van der Waals surface area contributed by atoms with Gasteiger partial charge in [-0.05, 0) is 20.8 Å². The van der Waals surface area contributed by atoms with Gasteiger partial charge in [-0.15, -0.1) is 0 Å². The molecule has 2 rings (SSSR count). The number of carbonyl (C=O) groups excluding carboxylic acids is 1. The summed E-state index contributed by atoms with van der Waals surface area (Å²) in [6, 6.07) is 1.42. The maximum atomic E-state index is 12.4. The number of aryl methyl sites for hydroxylation is 2. The molecule has 0 bridgehead atoms. The Labute approximate surface area is 132 Å². The van der Waals surface area contributed by atoms with Crippen molar-refractivity contribution < 1.29 is 4.79 Å². The van der Waals surface area contributed by atoms with Gasteiger partial charge in [0.2, 0.25) is 5.91 Å². The summed E-state index contributed by atoms with van der Waals surface area (Å²) >= 11 is 1.24. The van der Waals surface area contributed by atoms with Crippen molar-refractivity contribution in [1.29, 1.82) is 0 Å². The van der Waals surface area contributed by atoms with Gasteiger partial charge >= 0.3 is 0 Å². The third-order valence-electron chi connectivity index (χ3n) is 3.20. The van der Waals surface area contributed by atoms with E-state index in [0.717, 1.165) is 11.3 Å². The Morgan fingerprint density at radius 3 is 2.77 bits per heavy atom. The van der Waals surface area contributed by atoms with Crippen molar-refractivity contribution in [3.8, 4) is 0 Å². The van der Waals surface area contributed by atoms with Gasteiger partial charge < -0.3 is 9.88 Å². The molecule has 1 atom stereocenters. The summed E-state index contributed by atoms with van der Waals surface area (Å²) in [5, 5.41) is 6.91. The first-order chi connectivity index (χ1) is 10.4. The highest BCUT2D eigenvalue weighted by Crippen LogP contribution is 2.20. The van der Waals surface area contributed by atoms with Crippen LogP contribution in [0.25, 0.3) is 0 Å². The molecule has 0 aliphatic rings. The van der Waals surface area contributed by atoms with Crippen LogP contribution in [0.2, 0.25) is 0 Å². The molecule has 22 heavy (non-hydrogen) atoms. The van der Waals surface area contributed by atoms with Crippen LogP contribution in [0.5, 0.6) is 0 Å². The van der Waals surface area contributed by atoms with E-state index in [1.807, 2.05) is 6.92 Å². The Morgan fingerprint density at radius 1 is 1.45 bits per heavy atom. The molecule has 0 aliphatic carbocycles. The van der Waals surface area contributed by atoms with Gasteiger partial charge in [-0.1, -0.05) is 11.8 Å². The van der Waals surface area contributed by atoms with Crippen LogP contribution in [-0.4, -0.2) is 43.3 Å². The van der Waals surface area contributed by atoms with Gasteiger partial charge in [0, 0.05) is 36.6 Å². The molecular weight excluding hydrogens is 302 g/mol. The summed E-state index contributed by atoms with van der Waals surface area (Å²) in [7, 11) is 1.75. The lowest BCUT2D eigenvalue weighted by atomic mass is 10.2. The summed E-state index contributed by atoms with van der Waals surface area (Å²) in [6.07, 6.45) is 1.72. The Balaban J connectivity index is 2.02. The molecule has 0 saturated heterocycles. The molecule has 118 valence electrons. The highest BCUT2D eigenvalue weighted by Gasteiger charge is 2.20. The molecule has 0 radical (unpaired) electrons. The molecular formula is C14H19N5O2S. The molecule has 1 amide bonds. The van der Waals surface area contributed by atoms with Crippen LogP contribution >= 0.6 is 11.8 Å². The van der Waals surface area contributed by atoms with E-state index in [2.05, 4.69) is 20.2 Å². The number of aromatic amines is 2. The van der Waals surface area contributed by atoms with Gasteiger partial charge in [-0.3, -0.25) is 14.7 Å². The van der Waals surface area contributed by atoms with Gasteiger partial charge in [-0.25, -0.2) is 4.98 Å². The molecule has 0 aliphatic heterocycles. The number of carbonyl (C=O) groups is 1. The second kappa shape index (κ2) is 6.78. The van der Waals surface area contributed by atoms with E-state index in [0.29, 0.717) is 17.4 Å². The SMILES string of the molecule is Cc1cc(=O)[nH]c(SC(C)C(=O)N(C)Cc2cn[nH]c2C)n1. The van der Waals surface area contributed by atoms with E-state index in [-0.39, 0.29) is 16.7 Å². The Bertz CT molecular complexity index is 724. The summed E-state index contributed by atoms with van der Waals surface area (Å²) in [5.41, 5.74) is 2.35. The molecule has 7 nitrogen and oxygen atoms in total. The number of thioether (sulfide) groups is 1. The highest BCUT2D eigenvalue weighted by atomic mass is 32.2. The summed E-state index contributed by atoms with van der Waals surface area (Å²) in [4.78, 5) is 32.3. The predicted octanol–water partition coefficient (Wildman–Crippen LogP) is 1.25. The molecule has 0 fully saturated rings. The quantitative estimate of drug-likeness (QED) is 0.638. The number of hydrogen-bond acceptors (Lipinski definition) is 5. The third-order valence-corrected chi connectivity index (χ3v) is 4.17. The zero-order chi connectivity index (χ0) is 16.3. The largest absolute Gasteiger partial charge is 0.340 e. The van der Waals surface area contributed by atoms with Crippen molar-refractivity contribution in [2.45, 2.75) is 37.7 Å². The number of amides is 1. The van der Waals surface area contributed by atoms with Crippen LogP contribution in [0, 0.1) is 13.8 Å². The maximum absolute atomic E-state index is 12.4. The van der Waals surface area contributed by atoms with Gasteiger partial charge in [0.25, 0.3) is 5.56 Å². The van der Waals surface area contributed by atoms with Crippen LogP contribution in [0.4, 0.5) is 0 Å². The Kier molecular flexibility index (Phi) is 5.02. The summed E-state index contributed by atoms with van der Waals surface area (Å²) in [6.45, 7) is 5.96. The molecule has 0 saturated carbocycles. The van der Waals surface area contributed by atoms with E-state index in [1.54, 1.807) is 32.0 Å². The molecule has 8 heteroatoms. The zero-order valence-corrected chi connectivity index (χ0v) is 13.8. The summed E-state index contributed by atoms with van der Waals surface area (Å²) in [5.74, 6) is -0.0326. The second-order valence-corrected chi connectivity index (χ2v) is 6.50. The summed E-state index contributed by atoms with van der Waals surface area (Å²) < 4.78 is 0. The van der Waals surface area contributed by atoms with Crippen molar-refractivity contribution in [1.82, 2.24) is 25.1 Å². The molecule has 2 N–H and O–H groups in total. The lowest BCUT2D eigenvalue weighted by molar-refractivity contribution is -0.129. The normalized spacial score (nSPS) is 12.2. The lowest BCUT2D eigenvalue weighted by Crippen LogP contribution is -2.33. The first-order valence-electron chi connectivity index (χ1n) is 6.85. The first-order valence-corrected chi connectivity index (χ1v) is 7.73. The van der Waals surface area contributed by atoms with Crippen molar-refractivity contribution in [2.75, 3.05) is 7.05 Å². The van der Waals surface area contributed by atoms with Gasteiger partial charge in [0.1, 0.15) is 0 Å². The van der Waals surface area contributed by atoms with Crippen molar-refractivity contribution in [3.05, 3.63) is 39.6 Å². The monoisotopic (exact) mass is 321 g/mol. The fraction of sp³-hybridized carbons (Fsp3) is 0.429. The fourth-order valence-electron chi connectivity index (χ4n) is 2.00. The highest BCUT2D eigenvalue weighted by molar-refractivity contribution is 8.00. The van der Waals surface area contributed by atoms with Crippen molar-refractivity contribution in [3.63, 3.8) is 0 Å². The molecule has 0 spiro atoms.